The first-order chi connectivity index (χ1) is 16.3. The van der Waals surface area contributed by atoms with E-state index in [1.165, 1.54) is 48.4 Å². The third-order valence-corrected chi connectivity index (χ3v) is 7.22. The molecule has 1 aromatic carbocycles. The van der Waals surface area contributed by atoms with Gasteiger partial charge in [-0.05, 0) is 55.0 Å². The second kappa shape index (κ2) is 10.4. The van der Waals surface area contributed by atoms with E-state index < -0.39 is 0 Å². The Balaban J connectivity index is 1.13. The van der Waals surface area contributed by atoms with E-state index in [0.717, 1.165) is 37.2 Å². The van der Waals surface area contributed by atoms with Crippen LogP contribution in [0.15, 0.2) is 49.1 Å². The lowest BCUT2D eigenvalue weighted by atomic mass is 9.85. The number of benzene rings is 1. The van der Waals surface area contributed by atoms with Crippen LogP contribution in [0.3, 0.4) is 0 Å². The van der Waals surface area contributed by atoms with Crippen molar-refractivity contribution in [2.75, 3.05) is 44.0 Å². The topological polar surface area (TPSA) is 75.2 Å². The van der Waals surface area contributed by atoms with Crippen molar-refractivity contribution in [1.29, 1.82) is 0 Å². The molecule has 5 rings (SSSR count). The maximum Gasteiger partial charge on any atom is 0.131 e. The lowest BCUT2D eigenvalue weighted by Crippen LogP contribution is -2.45. The third kappa shape index (κ3) is 5.25. The third-order valence-electron chi connectivity index (χ3n) is 7.22. The first-order valence-electron chi connectivity index (χ1n) is 12.2. The van der Waals surface area contributed by atoms with Gasteiger partial charge in [0.1, 0.15) is 18.0 Å². The molecule has 2 bridgehead atoms. The van der Waals surface area contributed by atoms with Gasteiger partial charge in [0.15, 0.2) is 0 Å². The van der Waals surface area contributed by atoms with Gasteiger partial charge in [-0.15, -0.1) is 0 Å². The van der Waals surface area contributed by atoms with Crippen LogP contribution < -0.4 is 10.6 Å². The number of rotatable bonds is 10. The predicted molar refractivity (Wildman–Crippen MR) is 133 cm³/mol. The van der Waals surface area contributed by atoms with E-state index in [1.807, 2.05) is 18.5 Å². The van der Waals surface area contributed by atoms with Gasteiger partial charge in [-0.3, -0.25) is 9.88 Å². The van der Waals surface area contributed by atoms with E-state index in [-0.39, 0.29) is 0 Å². The van der Waals surface area contributed by atoms with Crippen molar-refractivity contribution >= 4 is 22.4 Å². The van der Waals surface area contributed by atoms with Crippen LogP contribution in [-0.2, 0) is 11.2 Å². The van der Waals surface area contributed by atoms with Gasteiger partial charge >= 0.3 is 0 Å². The predicted octanol–water partition coefficient (Wildman–Crippen LogP) is 3.98. The molecule has 2 fully saturated rings. The fourth-order valence-corrected chi connectivity index (χ4v) is 5.73. The fourth-order valence-electron chi connectivity index (χ4n) is 5.73. The van der Waals surface area contributed by atoms with Crippen LogP contribution in [0.1, 0.15) is 31.2 Å². The van der Waals surface area contributed by atoms with Crippen LogP contribution in [0.5, 0.6) is 0 Å². The van der Waals surface area contributed by atoms with Gasteiger partial charge in [0.25, 0.3) is 0 Å². The summed E-state index contributed by atoms with van der Waals surface area (Å²) >= 11 is 0. The average Bonchev–Trinajstić information content (AvgIpc) is 3.07. The highest BCUT2D eigenvalue weighted by Crippen LogP contribution is 2.40. The molecule has 2 saturated heterocycles. The molecule has 0 aliphatic carbocycles. The number of pyridine rings is 1. The van der Waals surface area contributed by atoms with Gasteiger partial charge < -0.3 is 15.4 Å². The molecule has 2 aromatic heterocycles. The zero-order chi connectivity index (χ0) is 22.5. The lowest BCUT2D eigenvalue weighted by molar-refractivity contribution is 0.108. The normalized spacial score (nSPS) is 22.5. The first-order valence-corrected chi connectivity index (χ1v) is 12.2. The van der Waals surface area contributed by atoms with Gasteiger partial charge in [-0.1, -0.05) is 18.2 Å². The molecular formula is C26H34N6O. The molecule has 2 N–H and O–H groups in total. The Hall–Kier alpha value is -2.77. The summed E-state index contributed by atoms with van der Waals surface area (Å²) in [7, 11) is 1.70. The van der Waals surface area contributed by atoms with E-state index in [9.17, 15) is 0 Å². The van der Waals surface area contributed by atoms with Crippen LogP contribution in [0.4, 0.5) is 11.6 Å². The van der Waals surface area contributed by atoms with Crippen LogP contribution in [0, 0.1) is 5.92 Å². The quantitative estimate of drug-likeness (QED) is 0.456. The number of anilines is 2. The highest BCUT2D eigenvalue weighted by atomic mass is 16.5. The minimum atomic E-state index is 0.656. The van der Waals surface area contributed by atoms with Gasteiger partial charge in [0.2, 0.25) is 0 Å². The summed E-state index contributed by atoms with van der Waals surface area (Å²) in [5.41, 5.74) is 1.46. The van der Waals surface area contributed by atoms with E-state index in [2.05, 4.69) is 54.8 Å². The summed E-state index contributed by atoms with van der Waals surface area (Å²) in [5, 5.41) is 9.37. The summed E-state index contributed by atoms with van der Waals surface area (Å²) in [5.74, 6) is 2.46. The number of ether oxygens (including phenoxy) is 1. The molecule has 2 atom stereocenters. The van der Waals surface area contributed by atoms with Crippen molar-refractivity contribution < 1.29 is 4.74 Å². The smallest absolute Gasteiger partial charge is 0.131 e. The summed E-state index contributed by atoms with van der Waals surface area (Å²) in [6, 6.07) is 12.2. The van der Waals surface area contributed by atoms with Gasteiger partial charge in [-0.25, -0.2) is 9.97 Å². The number of aromatic nitrogens is 3. The Morgan fingerprint density at radius 3 is 2.61 bits per heavy atom. The van der Waals surface area contributed by atoms with Crippen molar-refractivity contribution in [2.24, 2.45) is 5.92 Å². The van der Waals surface area contributed by atoms with E-state index in [0.29, 0.717) is 18.7 Å². The molecule has 0 amide bonds. The number of hydrogen-bond donors (Lipinski definition) is 2. The molecule has 174 valence electrons. The average molecular weight is 447 g/mol. The summed E-state index contributed by atoms with van der Waals surface area (Å²) in [6.07, 6.45) is 12.0. The molecule has 0 saturated carbocycles. The van der Waals surface area contributed by atoms with Crippen molar-refractivity contribution in [3.63, 3.8) is 0 Å². The molecular weight excluding hydrogens is 412 g/mol. The van der Waals surface area contributed by atoms with Crippen molar-refractivity contribution in [2.45, 2.75) is 44.2 Å². The molecule has 33 heavy (non-hydrogen) atoms. The maximum absolute atomic E-state index is 5.08. The standard InChI is InChI=1S/C26H34N6O/c1-33-12-10-29-26-16-25(30-18-31-26)28-9-11-32-22-5-6-23(32)15-19(14-22)13-21-4-2-3-20-7-8-27-17-24(20)21/h2-4,7-8,16-19,22-23H,5-6,9-15H2,1H3,(H2,28,29,30,31). The number of fused-ring (bicyclic) bond motifs is 3. The number of hydrogen-bond acceptors (Lipinski definition) is 7. The number of piperidine rings is 1. The molecule has 0 spiro atoms. The minimum Gasteiger partial charge on any atom is -0.383 e. The maximum atomic E-state index is 5.08. The fraction of sp³-hybridized carbons (Fsp3) is 0.500. The van der Waals surface area contributed by atoms with E-state index in [1.54, 1.807) is 13.4 Å². The number of methoxy groups -OCH3 is 1. The van der Waals surface area contributed by atoms with Crippen LogP contribution in [0.25, 0.3) is 10.8 Å². The molecule has 7 nitrogen and oxygen atoms in total. The van der Waals surface area contributed by atoms with Crippen LogP contribution >= 0.6 is 0 Å². The molecule has 7 heteroatoms. The lowest BCUT2D eigenvalue weighted by Gasteiger charge is -2.39. The molecule has 0 radical (unpaired) electrons. The second-order valence-electron chi connectivity index (χ2n) is 9.31. The zero-order valence-electron chi connectivity index (χ0n) is 19.4. The molecule has 2 unspecified atom stereocenters. The highest BCUT2D eigenvalue weighted by Gasteiger charge is 2.40. The largest absolute Gasteiger partial charge is 0.383 e. The molecule has 2 aliphatic heterocycles. The summed E-state index contributed by atoms with van der Waals surface area (Å²) < 4.78 is 5.08. The second-order valence-corrected chi connectivity index (χ2v) is 9.31. The van der Waals surface area contributed by atoms with Crippen LogP contribution in [0.2, 0.25) is 0 Å². The Kier molecular flexibility index (Phi) is 6.98. The van der Waals surface area contributed by atoms with E-state index >= 15 is 0 Å². The van der Waals surface area contributed by atoms with Crippen LogP contribution in [-0.4, -0.2) is 65.3 Å². The Morgan fingerprint density at radius 1 is 1.03 bits per heavy atom. The zero-order valence-corrected chi connectivity index (χ0v) is 19.4. The van der Waals surface area contributed by atoms with Gasteiger partial charge in [-0.2, -0.15) is 0 Å². The minimum absolute atomic E-state index is 0.656. The number of nitrogens with zero attached hydrogens (tertiary/aromatic N) is 4. The first kappa shape index (κ1) is 22.0. The molecule has 3 aromatic rings. The Morgan fingerprint density at radius 2 is 1.82 bits per heavy atom. The van der Waals surface area contributed by atoms with Crippen molar-refractivity contribution in [3.8, 4) is 0 Å². The summed E-state index contributed by atoms with van der Waals surface area (Å²) in [4.78, 5) is 15.8. The molecule has 2 aliphatic rings. The SMILES string of the molecule is COCCNc1cc(NCCN2C3CCC2CC(Cc2cccc4ccncc24)C3)ncn1. The van der Waals surface area contributed by atoms with Crippen molar-refractivity contribution in [3.05, 3.63) is 54.6 Å². The summed E-state index contributed by atoms with van der Waals surface area (Å²) in [6.45, 7) is 3.36. The Bertz CT molecular complexity index is 1040. The van der Waals surface area contributed by atoms with Crippen molar-refractivity contribution in [1.82, 2.24) is 19.9 Å². The van der Waals surface area contributed by atoms with Gasteiger partial charge in [0.05, 0.1) is 6.61 Å². The number of nitrogens with one attached hydrogen (secondary N) is 2. The molecule has 4 heterocycles. The van der Waals surface area contributed by atoms with E-state index in [4.69, 9.17) is 4.74 Å². The highest BCUT2D eigenvalue weighted by molar-refractivity contribution is 5.84. The van der Waals surface area contributed by atoms with Gasteiger partial charge in [0, 0.05) is 62.7 Å². The monoisotopic (exact) mass is 446 g/mol. The Labute approximate surface area is 196 Å².